The first kappa shape index (κ1) is 21.0. The van der Waals surface area contributed by atoms with Crippen molar-refractivity contribution in [1.82, 2.24) is 5.32 Å². The Bertz CT molecular complexity index is 928. The van der Waals surface area contributed by atoms with Crippen LogP contribution in [-0.4, -0.2) is 25.3 Å². The molecule has 0 aliphatic heterocycles. The van der Waals surface area contributed by atoms with E-state index < -0.39 is 27.6 Å². The molecule has 28 heavy (non-hydrogen) atoms. The number of sulfone groups is 1. The van der Waals surface area contributed by atoms with Crippen molar-refractivity contribution in [2.75, 3.05) is 5.75 Å². The molecule has 1 fully saturated rings. The minimum Gasteiger partial charge on any atom is -0.345 e. The normalized spacial score (nSPS) is 16.1. The van der Waals surface area contributed by atoms with Crippen LogP contribution in [0.5, 0.6) is 0 Å². The van der Waals surface area contributed by atoms with Crippen LogP contribution in [-0.2, 0) is 14.6 Å². The van der Waals surface area contributed by atoms with E-state index in [0.717, 1.165) is 18.4 Å². The monoisotopic (exact) mass is 467 g/mol. The van der Waals surface area contributed by atoms with Gasteiger partial charge in [-0.05, 0) is 30.5 Å². The number of rotatable bonds is 7. The fraction of sp³-hybridized carbons (Fsp3) is 0.381. The Balaban J connectivity index is 1.75. The lowest BCUT2D eigenvalue weighted by molar-refractivity contribution is -0.121. The third-order valence-corrected chi connectivity index (χ3v) is 7.89. The third kappa shape index (κ3) is 5.20. The molecule has 4 nitrogen and oxygen atoms in total. The van der Waals surface area contributed by atoms with Crippen molar-refractivity contribution in [2.45, 2.75) is 43.4 Å². The molecule has 2 aromatic carbocycles. The van der Waals surface area contributed by atoms with Crippen LogP contribution in [0.25, 0.3) is 0 Å². The molecule has 0 bridgehead atoms. The minimum atomic E-state index is -3.28. The maximum atomic E-state index is 14.5. The summed E-state index contributed by atoms with van der Waals surface area (Å²) in [6.07, 6.45) is 3.09. The van der Waals surface area contributed by atoms with Crippen LogP contribution in [0.1, 0.15) is 49.3 Å². The molecule has 1 aliphatic carbocycles. The van der Waals surface area contributed by atoms with Crippen LogP contribution >= 0.6 is 15.9 Å². The van der Waals surface area contributed by atoms with Gasteiger partial charge in [-0.1, -0.05) is 65.2 Å². The van der Waals surface area contributed by atoms with E-state index in [-0.39, 0.29) is 17.4 Å². The van der Waals surface area contributed by atoms with E-state index in [1.807, 2.05) is 30.3 Å². The quantitative estimate of drug-likeness (QED) is 0.649. The number of hydrogen-bond acceptors (Lipinski definition) is 3. The van der Waals surface area contributed by atoms with Gasteiger partial charge in [0.05, 0.1) is 17.0 Å². The Morgan fingerprint density at radius 3 is 2.46 bits per heavy atom. The summed E-state index contributed by atoms with van der Waals surface area (Å²) in [7, 11) is -3.28. The number of carbonyl (C=O) groups is 1. The van der Waals surface area contributed by atoms with Crippen LogP contribution in [0, 0.1) is 5.82 Å². The predicted octanol–water partition coefficient (Wildman–Crippen LogP) is 4.54. The van der Waals surface area contributed by atoms with Gasteiger partial charge in [0.2, 0.25) is 5.91 Å². The second kappa shape index (κ2) is 9.18. The van der Waals surface area contributed by atoms with Gasteiger partial charge < -0.3 is 5.32 Å². The van der Waals surface area contributed by atoms with Crippen molar-refractivity contribution in [3.8, 4) is 0 Å². The Kier molecular flexibility index (Phi) is 6.88. The summed E-state index contributed by atoms with van der Waals surface area (Å²) >= 11 is 3.24. The predicted molar refractivity (Wildman–Crippen MR) is 111 cm³/mol. The van der Waals surface area contributed by atoms with Gasteiger partial charge in [0.15, 0.2) is 9.84 Å². The van der Waals surface area contributed by atoms with E-state index in [1.54, 1.807) is 12.1 Å². The zero-order chi connectivity index (χ0) is 20.1. The van der Waals surface area contributed by atoms with Crippen LogP contribution in [0.3, 0.4) is 0 Å². The molecule has 0 radical (unpaired) electrons. The first-order valence-corrected chi connectivity index (χ1v) is 11.9. The topological polar surface area (TPSA) is 63.2 Å². The summed E-state index contributed by atoms with van der Waals surface area (Å²) in [5, 5.41) is 2.49. The average molecular weight is 468 g/mol. The molecular formula is C21H23BrFNO3S. The average Bonchev–Trinajstić information content (AvgIpc) is 3.22. The van der Waals surface area contributed by atoms with Gasteiger partial charge in [0.25, 0.3) is 0 Å². The molecule has 0 aromatic heterocycles. The molecule has 0 saturated heterocycles. The lowest BCUT2D eigenvalue weighted by Gasteiger charge is -2.21. The highest BCUT2D eigenvalue weighted by Crippen LogP contribution is 2.28. The van der Waals surface area contributed by atoms with E-state index in [0.29, 0.717) is 22.9 Å². The highest BCUT2D eigenvalue weighted by Gasteiger charge is 2.29. The van der Waals surface area contributed by atoms with E-state index in [9.17, 15) is 17.6 Å². The summed E-state index contributed by atoms with van der Waals surface area (Å²) in [5.41, 5.74) is 1.07. The van der Waals surface area contributed by atoms with Gasteiger partial charge in [-0.3, -0.25) is 4.79 Å². The number of amides is 1. The van der Waals surface area contributed by atoms with Crippen LogP contribution in [0.2, 0.25) is 0 Å². The van der Waals surface area contributed by atoms with E-state index in [2.05, 4.69) is 21.2 Å². The molecule has 1 saturated carbocycles. The fourth-order valence-corrected chi connectivity index (χ4v) is 5.79. The first-order chi connectivity index (χ1) is 13.4. The molecule has 1 unspecified atom stereocenters. The number of halogens is 2. The molecule has 0 spiro atoms. The van der Waals surface area contributed by atoms with Gasteiger partial charge in [0, 0.05) is 16.5 Å². The lowest BCUT2D eigenvalue weighted by Crippen LogP contribution is -2.32. The van der Waals surface area contributed by atoms with Crippen molar-refractivity contribution in [3.05, 3.63) is 69.9 Å². The van der Waals surface area contributed by atoms with E-state index in [1.165, 1.54) is 6.07 Å². The highest BCUT2D eigenvalue weighted by atomic mass is 79.9. The zero-order valence-corrected chi connectivity index (χ0v) is 17.8. The zero-order valence-electron chi connectivity index (χ0n) is 15.4. The van der Waals surface area contributed by atoms with Crippen LogP contribution in [0.15, 0.2) is 53.0 Å². The Hall–Kier alpha value is -1.73. The van der Waals surface area contributed by atoms with Gasteiger partial charge in [-0.25, -0.2) is 12.8 Å². The molecule has 0 heterocycles. The highest BCUT2D eigenvalue weighted by molar-refractivity contribution is 9.10. The van der Waals surface area contributed by atoms with Gasteiger partial charge >= 0.3 is 0 Å². The molecule has 7 heteroatoms. The van der Waals surface area contributed by atoms with Gasteiger partial charge in [-0.2, -0.15) is 0 Å². The van der Waals surface area contributed by atoms with E-state index in [4.69, 9.17) is 0 Å². The fourth-order valence-electron chi connectivity index (χ4n) is 3.60. The molecule has 1 N–H and O–H groups in total. The largest absolute Gasteiger partial charge is 0.345 e. The molecule has 3 rings (SSSR count). The molecule has 1 atom stereocenters. The second-order valence-corrected chi connectivity index (χ2v) is 10.4. The number of hydrogen-bond donors (Lipinski definition) is 1. The smallest absolute Gasteiger partial charge is 0.221 e. The third-order valence-electron chi connectivity index (χ3n) is 5.14. The van der Waals surface area contributed by atoms with Crippen molar-refractivity contribution in [3.63, 3.8) is 0 Å². The number of benzene rings is 2. The van der Waals surface area contributed by atoms with Crippen molar-refractivity contribution < 1.29 is 17.6 Å². The summed E-state index contributed by atoms with van der Waals surface area (Å²) in [5.74, 6) is -1.02. The minimum absolute atomic E-state index is 0.125. The summed E-state index contributed by atoms with van der Waals surface area (Å²) in [6, 6.07) is 13.1. The maximum absolute atomic E-state index is 14.5. The molecule has 1 aliphatic rings. The van der Waals surface area contributed by atoms with Crippen LogP contribution < -0.4 is 5.32 Å². The number of nitrogens with one attached hydrogen (secondary N) is 1. The Morgan fingerprint density at radius 1 is 1.14 bits per heavy atom. The summed E-state index contributed by atoms with van der Waals surface area (Å²) < 4.78 is 40.0. The SMILES string of the molecule is O=C(CCS(=O)(=O)C1CCCC1)NC(c1ccccc1)c1ccc(Br)cc1F. The lowest BCUT2D eigenvalue weighted by atomic mass is 9.98. The Morgan fingerprint density at radius 2 is 1.82 bits per heavy atom. The Labute approximate surface area is 173 Å². The van der Waals surface area contributed by atoms with Gasteiger partial charge in [-0.15, -0.1) is 0 Å². The van der Waals surface area contributed by atoms with Crippen molar-refractivity contribution in [1.29, 1.82) is 0 Å². The van der Waals surface area contributed by atoms with Crippen molar-refractivity contribution in [2.24, 2.45) is 0 Å². The summed E-state index contributed by atoms with van der Waals surface area (Å²) in [4.78, 5) is 12.5. The first-order valence-electron chi connectivity index (χ1n) is 9.37. The molecular weight excluding hydrogens is 445 g/mol. The second-order valence-electron chi connectivity index (χ2n) is 7.10. The molecule has 2 aromatic rings. The van der Waals surface area contributed by atoms with Crippen LogP contribution in [0.4, 0.5) is 4.39 Å². The molecule has 1 amide bonds. The summed E-state index contributed by atoms with van der Waals surface area (Å²) in [6.45, 7) is 0. The molecule has 150 valence electrons. The maximum Gasteiger partial charge on any atom is 0.221 e. The van der Waals surface area contributed by atoms with E-state index >= 15 is 0 Å². The van der Waals surface area contributed by atoms with Gasteiger partial charge in [0.1, 0.15) is 5.82 Å². The van der Waals surface area contributed by atoms with Crippen molar-refractivity contribution >= 4 is 31.7 Å². The standard InChI is InChI=1S/C21H23BrFNO3S/c22-16-10-11-18(19(23)14-16)21(15-6-2-1-3-7-15)24-20(25)12-13-28(26,27)17-8-4-5-9-17/h1-3,6-7,10-11,14,17,21H,4-5,8-9,12-13H2,(H,24,25). The number of carbonyl (C=O) groups excluding carboxylic acids is 1.